The minimum atomic E-state index is -0.415. The Hall–Kier alpha value is -1.17. The first kappa shape index (κ1) is 20.6. The number of benzene rings is 1. The molecule has 6 heteroatoms. The zero-order valence-corrected chi connectivity index (χ0v) is 17.2. The van der Waals surface area contributed by atoms with Gasteiger partial charge in [-0.1, -0.05) is 43.2 Å². The van der Waals surface area contributed by atoms with Gasteiger partial charge in [-0.2, -0.15) is 0 Å². The van der Waals surface area contributed by atoms with Crippen molar-refractivity contribution < 1.29 is 9.90 Å². The molecule has 1 saturated heterocycles. The van der Waals surface area contributed by atoms with Gasteiger partial charge in [-0.3, -0.25) is 4.79 Å². The van der Waals surface area contributed by atoms with Crippen LogP contribution >= 0.6 is 23.8 Å². The SMILES string of the molecule is O=C(C1CCNC1C(O)=S)N(CCCc1ccccc1)C1CCCC[C@@H]1Cl. The Morgan fingerprint density at radius 3 is 2.67 bits per heavy atom. The second-order valence-electron chi connectivity index (χ2n) is 7.65. The predicted molar refractivity (Wildman–Crippen MR) is 113 cm³/mol. The molecule has 0 aromatic heterocycles. The average molecular weight is 409 g/mol. The van der Waals surface area contributed by atoms with Crippen LogP contribution in [-0.4, -0.2) is 51.5 Å². The lowest BCUT2D eigenvalue weighted by Crippen LogP contribution is -2.52. The van der Waals surface area contributed by atoms with Gasteiger partial charge in [-0.25, -0.2) is 0 Å². The Morgan fingerprint density at radius 1 is 1.22 bits per heavy atom. The van der Waals surface area contributed by atoms with Gasteiger partial charge in [-0.15, -0.1) is 11.6 Å². The normalized spacial score (nSPS) is 28.0. The van der Waals surface area contributed by atoms with Crippen LogP contribution in [-0.2, 0) is 11.2 Å². The molecule has 1 aliphatic heterocycles. The molecule has 0 radical (unpaired) electrons. The molecule has 0 spiro atoms. The number of aliphatic hydroxyl groups is 1. The van der Waals surface area contributed by atoms with Gasteiger partial charge >= 0.3 is 0 Å². The van der Waals surface area contributed by atoms with Crippen molar-refractivity contribution in [1.29, 1.82) is 0 Å². The Labute approximate surface area is 172 Å². The van der Waals surface area contributed by atoms with E-state index < -0.39 is 6.04 Å². The van der Waals surface area contributed by atoms with Crippen LogP contribution in [0.4, 0.5) is 0 Å². The highest BCUT2D eigenvalue weighted by molar-refractivity contribution is 7.80. The second-order valence-corrected chi connectivity index (χ2v) is 8.63. The minimum absolute atomic E-state index is 0.00770. The molecule has 2 fully saturated rings. The third-order valence-corrected chi connectivity index (χ3v) is 6.61. The van der Waals surface area contributed by atoms with Crippen molar-refractivity contribution in [2.45, 2.75) is 62.4 Å². The highest BCUT2D eigenvalue weighted by atomic mass is 35.5. The first-order chi connectivity index (χ1) is 13.1. The smallest absolute Gasteiger partial charge is 0.228 e. The van der Waals surface area contributed by atoms with Crippen LogP contribution < -0.4 is 5.32 Å². The molecule has 1 aromatic rings. The van der Waals surface area contributed by atoms with E-state index in [1.807, 2.05) is 23.1 Å². The van der Waals surface area contributed by atoms with E-state index in [0.29, 0.717) is 19.5 Å². The molecule has 1 saturated carbocycles. The standard InChI is InChI=1S/C21H29ClN2O2S/c22-17-10-4-5-11-18(17)24(14-6-9-15-7-2-1-3-8-15)20(25)16-12-13-23-19(16)21(26)27/h1-3,7-8,16-19,23H,4-6,9-14H2,(H,26,27)/t16?,17-,18?,19?/m0/s1. The number of aliphatic hydroxyl groups excluding tert-OH is 1. The van der Waals surface area contributed by atoms with Crippen LogP contribution in [0.25, 0.3) is 0 Å². The fourth-order valence-electron chi connectivity index (χ4n) is 4.40. The van der Waals surface area contributed by atoms with Gasteiger partial charge in [-0.05, 0) is 56.4 Å². The lowest BCUT2D eigenvalue weighted by atomic mass is 9.91. The number of carbonyl (C=O) groups is 1. The van der Waals surface area contributed by atoms with Crippen molar-refractivity contribution >= 4 is 34.8 Å². The summed E-state index contributed by atoms with van der Waals surface area (Å²) in [6.45, 7) is 1.40. The lowest BCUT2D eigenvalue weighted by molar-refractivity contribution is -0.138. The summed E-state index contributed by atoms with van der Waals surface area (Å²) in [5.74, 6) is -0.197. The van der Waals surface area contributed by atoms with E-state index in [0.717, 1.165) is 38.5 Å². The van der Waals surface area contributed by atoms with Crippen LogP contribution in [0.2, 0.25) is 0 Å². The van der Waals surface area contributed by atoms with E-state index in [1.165, 1.54) is 5.56 Å². The monoisotopic (exact) mass is 408 g/mol. The molecule has 0 bridgehead atoms. The first-order valence-electron chi connectivity index (χ1n) is 10.0. The average Bonchev–Trinajstić information content (AvgIpc) is 3.17. The van der Waals surface area contributed by atoms with Gasteiger partial charge in [0.1, 0.15) is 0 Å². The number of nitrogens with zero attached hydrogens (tertiary/aromatic N) is 1. The van der Waals surface area contributed by atoms with E-state index >= 15 is 0 Å². The summed E-state index contributed by atoms with van der Waals surface area (Å²) >= 11 is 11.6. The molecule has 1 aliphatic carbocycles. The second kappa shape index (κ2) is 9.85. The largest absolute Gasteiger partial charge is 0.501 e. The summed E-state index contributed by atoms with van der Waals surface area (Å²) < 4.78 is 0. The third-order valence-electron chi connectivity index (χ3n) is 5.84. The number of amides is 1. The fraction of sp³-hybridized carbons (Fsp3) is 0.619. The van der Waals surface area contributed by atoms with Gasteiger partial charge in [0.2, 0.25) is 5.91 Å². The topological polar surface area (TPSA) is 52.6 Å². The zero-order chi connectivity index (χ0) is 19.2. The minimum Gasteiger partial charge on any atom is -0.501 e. The van der Waals surface area contributed by atoms with Crippen molar-refractivity contribution in [1.82, 2.24) is 10.2 Å². The highest BCUT2D eigenvalue weighted by Gasteiger charge is 2.41. The predicted octanol–water partition coefficient (Wildman–Crippen LogP) is 3.86. The number of alkyl halides is 1. The Morgan fingerprint density at radius 2 is 1.96 bits per heavy atom. The maximum Gasteiger partial charge on any atom is 0.228 e. The summed E-state index contributed by atoms with van der Waals surface area (Å²) in [7, 11) is 0. The molecule has 148 valence electrons. The van der Waals surface area contributed by atoms with Crippen molar-refractivity contribution in [3.05, 3.63) is 35.9 Å². The third kappa shape index (κ3) is 5.21. The van der Waals surface area contributed by atoms with Gasteiger partial charge < -0.3 is 15.3 Å². The van der Waals surface area contributed by atoms with E-state index in [-0.39, 0.29) is 28.3 Å². The fourth-order valence-corrected chi connectivity index (χ4v) is 5.06. The van der Waals surface area contributed by atoms with E-state index in [2.05, 4.69) is 17.4 Å². The first-order valence-corrected chi connectivity index (χ1v) is 10.9. The number of carbonyl (C=O) groups excluding carboxylic acids is 1. The number of rotatable bonds is 7. The van der Waals surface area contributed by atoms with Crippen molar-refractivity contribution in [3.63, 3.8) is 0 Å². The molecule has 1 heterocycles. The van der Waals surface area contributed by atoms with Crippen molar-refractivity contribution in [3.8, 4) is 0 Å². The van der Waals surface area contributed by atoms with Gasteiger partial charge in [0.05, 0.1) is 17.3 Å². The molecule has 27 heavy (non-hydrogen) atoms. The molecular weight excluding hydrogens is 380 g/mol. The Bertz CT molecular complexity index is 642. The summed E-state index contributed by atoms with van der Waals surface area (Å²) in [5, 5.41) is 12.9. The number of hydrogen-bond acceptors (Lipinski definition) is 3. The summed E-state index contributed by atoms with van der Waals surface area (Å²) in [6.07, 6.45) is 6.71. The van der Waals surface area contributed by atoms with Crippen LogP contribution in [0, 0.1) is 5.92 Å². The number of aryl methyl sites for hydroxylation is 1. The quantitative estimate of drug-likeness (QED) is 0.531. The number of halogens is 1. The van der Waals surface area contributed by atoms with Gasteiger partial charge in [0, 0.05) is 12.6 Å². The molecular formula is C21H29ClN2O2S. The van der Waals surface area contributed by atoms with E-state index in [9.17, 15) is 9.90 Å². The molecule has 3 rings (SSSR count). The molecule has 4 nitrogen and oxygen atoms in total. The van der Waals surface area contributed by atoms with Gasteiger partial charge in [0.15, 0.2) is 5.05 Å². The van der Waals surface area contributed by atoms with Crippen molar-refractivity contribution in [2.24, 2.45) is 5.92 Å². The molecule has 2 N–H and O–H groups in total. The molecule has 1 aromatic carbocycles. The number of nitrogens with one attached hydrogen (secondary N) is 1. The van der Waals surface area contributed by atoms with Crippen LogP contribution in [0.15, 0.2) is 30.3 Å². The summed E-state index contributed by atoms with van der Waals surface area (Å²) in [5.41, 5.74) is 1.29. The summed E-state index contributed by atoms with van der Waals surface area (Å²) in [6, 6.07) is 10.0. The van der Waals surface area contributed by atoms with E-state index in [4.69, 9.17) is 23.8 Å². The van der Waals surface area contributed by atoms with Gasteiger partial charge in [0.25, 0.3) is 0 Å². The molecule has 4 atom stereocenters. The summed E-state index contributed by atoms with van der Waals surface area (Å²) in [4.78, 5) is 15.4. The molecule has 3 unspecified atom stereocenters. The van der Waals surface area contributed by atoms with E-state index in [1.54, 1.807) is 0 Å². The number of thiocarbonyl (C=S) groups is 1. The Balaban J connectivity index is 1.70. The lowest BCUT2D eigenvalue weighted by Gasteiger charge is -2.39. The van der Waals surface area contributed by atoms with Crippen LogP contribution in [0.5, 0.6) is 0 Å². The van der Waals surface area contributed by atoms with Crippen LogP contribution in [0.3, 0.4) is 0 Å². The zero-order valence-electron chi connectivity index (χ0n) is 15.6. The highest BCUT2D eigenvalue weighted by Crippen LogP contribution is 2.30. The maximum atomic E-state index is 13.4. The molecule has 2 aliphatic rings. The van der Waals surface area contributed by atoms with Crippen LogP contribution in [0.1, 0.15) is 44.1 Å². The molecule has 1 amide bonds. The van der Waals surface area contributed by atoms with Crippen molar-refractivity contribution in [2.75, 3.05) is 13.1 Å². The Kier molecular flexibility index (Phi) is 7.50. The maximum absolute atomic E-state index is 13.4. The number of hydrogen-bond donors (Lipinski definition) is 2.